The first-order valence-electron chi connectivity index (χ1n) is 8.09. The van der Waals surface area contributed by atoms with E-state index in [1.165, 1.54) is 17.5 Å². The third-order valence-corrected chi connectivity index (χ3v) is 4.88. The molecule has 0 saturated carbocycles. The van der Waals surface area contributed by atoms with Gasteiger partial charge in [-0.25, -0.2) is 0 Å². The van der Waals surface area contributed by atoms with E-state index in [1.807, 2.05) is 0 Å². The number of hydrogen-bond acceptors (Lipinski definition) is 3. The first kappa shape index (κ1) is 15.0. The fourth-order valence-corrected chi connectivity index (χ4v) is 3.84. The van der Waals surface area contributed by atoms with Crippen LogP contribution in [0.4, 0.5) is 0 Å². The number of fused-ring (bicyclic) bond motifs is 1. The van der Waals surface area contributed by atoms with Crippen LogP contribution < -0.4 is 0 Å². The fourth-order valence-electron chi connectivity index (χ4n) is 3.84. The number of hydroxylamine groups is 2. The summed E-state index contributed by atoms with van der Waals surface area (Å²) >= 11 is 0. The third kappa shape index (κ3) is 2.52. The predicted molar refractivity (Wildman–Crippen MR) is 83.9 cm³/mol. The molecule has 1 unspecified atom stereocenters. The highest BCUT2D eigenvalue weighted by Crippen LogP contribution is 2.49. The van der Waals surface area contributed by atoms with Crippen molar-refractivity contribution < 1.29 is 9.57 Å². The molecule has 3 heteroatoms. The molecule has 1 saturated heterocycles. The molecular weight excluding hydrogens is 262 g/mol. The second-order valence-electron chi connectivity index (χ2n) is 7.26. The minimum Gasteiger partial charge on any atom is -0.379 e. The first-order valence-corrected chi connectivity index (χ1v) is 8.09. The maximum atomic E-state index is 6.45. The van der Waals surface area contributed by atoms with Gasteiger partial charge in [0.2, 0.25) is 0 Å². The van der Waals surface area contributed by atoms with Crippen LogP contribution in [0.5, 0.6) is 0 Å². The van der Waals surface area contributed by atoms with E-state index in [9.17, 15) is 0 Å². The van der Waals surface area contributed by atoms with E-state index in [2.05, 4.69) is 57.0 Å². The standard InChI is InChI=1S/C18H27NO2/c1-17(2)15-10-5-6-11-16(15)18(3,4)19(17)21-14-9-7-8-12-20-13-14/h5-6,10-11,14H,7-9,12-13H2,1-4H3. The van der Waals surface area contributed by atoms with Crippen molar-refractivity contribution in [1.29, 1.82) is 0 Å². The van der Waals surface area contributed by atoms with Crippen LogP contribution in [0.15, 0.2) is 24.3 Å². The van der Waals surface area contributed by atoms with Gasteiger partial charge in [0.05, 0.1) is 17.7 Å². The number of ether oxygens (including phenoxy) is 1. The van der Waals surface area contributed by atoms with Gasteiger partial charge < -0.3 is 4.74 Å². The SMILES string of the molecule is CC1(C)c2ccccc2C(C)(C)N1OC1CCCCOC1. The van der Waals surface area contributed by atoms with Crippen LogP contribution in [-0.4, -0.2) is 24.4 Å². The Morgan fingerprint density at radius 2 is 1.67 bits per heavy atom. The summed E-state index contributed by atoms with van der Waals surface area (Å²) in [4.78, 5) is 6.45. The number of benzene rings is 1. The van der Waals surface area contributed by atoms with Gasteiger partial charge in [0.25, 0.3) is 0 Å². The molecule has 0 bridgehead atoms. The molecule has 116 valence electrons. The summed E-state index contributed by atoms with van der Waals surface area (Å²) in [6.07, 6.45) is 3.58. The lowest BCUT2D eigenvalue weighted by atomic mass is 9.91. The smallest absolute Gasteiger partial charge is 0.103 e. The summed E-state index contributed by atoms with van der Waals surface area (Å²) < 4.78 is 5.68. The Bertz CT molecular complexity index is 467. The van der Waals surface area contributed by atoms with Crippen molar-refractivity contribution in [3.05, 3.63) is 35.4 Å². The summed E-state index contributed by atoms with van der Waals surface area (Å²) in [5.74, 6) is 0. The summed E-state index contributed by atoms with van der Waals surface area (Å²) in [6, 6.07) is 8.69. The van der Waals surface area contributed by atoms with Crippen LogP contribution in [0.25, 0.3) is 0 Å². The van der Waals surface area contributed by atoms with E-state index in [1.54, 1.807) is 0 Å². The summed E-state index contributed by atoms with van der Waals surface area (Å²) in [7, 11) is 0. The van der Waals surface area contributed by atoms with E-state index in [0.717, 1.165) is 19.4 Å². The fraction of sp³-hybridized carbons (Fsp3) is 0.667. The van der Waals surface area contributed by atoms with E-state index < -0.39 is 0 Å². The van der Waals surface area contributed by atoms with E-state index in [-0.39, 0.29) is 17.2 Å². The van der Waals surface area contributed by atoms with Gasteiger partial charge >= 0.3 is 0 Å². The molecule has 2 heterocycles. The molecule has 3 rings (SSSR count). The number of hydrogen-bond donors (Lipinski definition) is 0. The lowest BCUT2D eigenvalue weighted by Gasteiger charge is -2.41. The Morgan fingerprint density at radius 1 is 1.05 bits per heavy atom. The molecule has 0 radical (unpaired) electrons. The average molecular weight is 289 g/mol. The largest absolute Gasteiger partial charge is 0.379 e. The normalized spacial score (nSPS) is 28.1. The van der Waals surface area contributed by atoms with Gasteiger partial charge in [0, 0.05) is 6.61 Å². The first-order chi connectivity index (χ1) is 9.94. The van der Waals surface area contributed by atoms with Crippen LogP contribution >= 0.6 is 0 Å². The Morgan fingerprint density at radius 3 is 2.29 bits per heavy atom. The van der Waals surface area contributed by atoms with Gasteiger partial charge in [-0.2, -0.15) is 5.06 Å². The van der Waals surface area contributed by atoms with Crippen LogP contribution in [0, 0.1) is 0 Å². The minimum absolute atomic E-state index is 0.119. The zero-order valence-corrected chi connectivity index (χ0v) is 13.7. The Labute approximate surface area is 128 Å². The van der Waals surface area contributed by atoms with Gasteiger partial charge in [0.1, 0.15) is 6.10 Å². The maximum Gasteiger partial charge on any atom is 0.103 e. The van der Waals surface area contributed by atoms with Gasteiger partial charge in [-0.1, -0.05) is 24.3 Å². The van der Waals surface area contributed by atoms with E-state index in [4.69, 9.17) is 9.57 Å². The second kappa shape index (κ2) is 5.38. The topological polar surface area (TPSA) is 21.7 Å². The highest BCUT2D eigenvalue weighted by Gasteiger charge is 2.50. The molecule has 3 nitrogen and oxygen atoms in total. The molecule has 1 atom stereocenters. The summed E-state index contributed by atoms with van der Waals surface area (Å²) in [5.41, 5.74) is 2.49. The van der Waals surface area contributed by atoms with Crippen molar-refractivity contribution in [3.8, 4) is 0 Å². The van der Waals surface area contributed by atoms with Crippen molar-refractivity contribution in [2.45, 2.75) is 64.1 Å². The lowest BCUT2D eigenvalue weighted by Crippen LogP contribution is -2.48. The molecule has 1 aromatic rings. The molecule has 1 aromatic carbocycles. The Balaban J connectivity index is 1.88. The van der Waals surface area contributed by atoms with Crippen molar-refractivity contribution in [2.75, 3.05) is 13.2 Å². The predicted octanol–water partition coefficient (Wildman–Crippen LogP) is 3.97. The number of nitrogens with zero attached hydrogens (tertiary/aromatic N) is 1. The van der Waals surface area contributed by atoms with Crippen molar-refractivity contribution in [3.63, 3.8) is 0 Å². The maximum absolute atomic E-state index is 6.45. The van der Waals surface area contributed by atoms with E-state index in [0.29, 0.717) is 6.61 Å². The molecule has 1 fully saturated rings. The monoisotopic (exact) mass is 289 g/mol. The molecular formula is C18H27NO2. The van der Waals surface area contributed by atoms with Crippen molar-refractivity contribution >= 4 is 0 Å². The Kier molecular flexibility index (Phi) is 3.85. The van der Waals surface area contributed by atoms with Crippen LogP contribution in [0.1, 0.15) is 58.1 Å². The highest BCUT2D eigenvalue weighted by atomic mass is 16.7. The summed E-state index contributed by atoms with van der Waals surface area (Å²) in [5, 5.41) is 2.20. The molecule has 2 aliphatic rings. The van der Waals surface area contributed by atoms with Crippen LogP contribution in [0.2, 0.25) is 0 Å². The summed E-state index contributed by atoms with van der Waals surface area (Å²) in [6.45, 7) is 10.6. The van der Waals surface area contributed by atoms with Crippen molar-refractivity contribution in [2.24, 2.45) is 0 Å². The molecule has 0 aromatic heterocycles. The lowest BCUT2D eigenvalue weighted by molar-refractivity contribution is -0.293. The molecule has 0 N–H and O–H groups in total. The molecule has 0 spiro atoms. The van der Waals surface area contributed by atoms with Gasteiger partial charge in [-0.05, 0) is 58.1 Å². The third-order valence-electron chi connectivity index (χ3n) is 4.88. The van der Waals surface area contributed by atoms with Gasteiger partial charge in [0.15, 0.2) is 0 Å². The highest BCUT2D eigenvalue weighted by molar-refractivity contribution is 5.42. The molecule has 0 amide bonds. The Hall–Kier alpha value is -0.900. The molecule has 21 heavy (non-hydrogen) atoms. The second-order valence-corrected chi connectivity index (χ2v) is 7.26. The molecule has 0 aliphatic carbocycles. The quantitative estimate of drug-likeness (QED) is 0.822. The zero-order valence-electron chi connectivity index (χ0n) is 13.7. The minimum atomic E-state index is -0.119. The number of rotatable bonds is 2. The zero-order chi connectivity index (χ0) is 15.1. The van der Waals surface area contributed by atoms with Crippen LogP contribution in [-0.2, 0) is 20.7 Å². The van der Waals surface area contributed by atoms with Crippen molar-refractivity contribution in [1.82, 2.24) is 5.06 Å². The average Bonchev–Trinajstić information content (AvgIpc) is 2.67. The van der Waals surface area contributed by atoms with Gasteiger partial charge in [-0.3, -0.25) is 4.84 Å². The van der Waals surface area contributed by atoms with Gasteiger partial charge in [-0.15, -0.1) is 0 Å². The molecule has 2 aliphatic heterocycles. The van der Waals surface area contributed by atoms with Crippen LogP contribution in [0.3, 0.4) is 0 Å². The van der Waals surface area contributed by atoms with E-state index >= 15 is 0 Å².